The lowest BCUT2D eigenvalue weighted by Crippen LogP contribution is -2.44. The monoisotopic (exact) mass is 424 g/mol. The van der Waals surface area contributed by atoms with E-state index in [0.29, 0.717) is 24.6 Å². The molecular weight excluding hydrogens is 396 g/mol. The molecule has 1 amide bonds. The van der Waals surface area contributed by atoms with Gasteiger partial charge in [-0.1, -0.05) is 37.3 Å². The molecule has 5 nitrogen and oxygen atoms in total. The van der Waals surface area contributed by atoms with Gasteiger partial charge >= 0.3 is 0 Å². The first-order chi connectivity index (χ1) is 13.5. The van der Waals surface area contributed by atoms with E-state index in [1.807, 2.05) is 4.90 Å². The third kappa shape index (κ3) is 3.96. The summed E-state index contributed by atoms with van der Waals surface area (Å²) in [5.74, 6) is 1.27. The van der Waals surface area contributed by atoms with Crippen molar-refractivity contribution in [3.63, 3.8) is 0 Å². The molecule has 1 saturated carbocycles. The highest BCUT2D eigenvalue weighted by molar-refractivity contribution is 7.89. The highest BCUT2D eigenvalue weighted by atomic mass is 35.5. The van der Waals surface area contributed by atoms with Crippen molar-refractivity contribution in [2.45, 2.75) is 56.3 Å². The first kappa shape index (κ1) is 20.2. The van der Waals surface area contributed by atoms with Crippen molar-refractivity contribution in [2.24, 2.45) is 11.8 Å². The van der Waals surface area contributed by atoms with E-state index in [0.717, 1.165) is 44.7 Å². The molecule has 0 spiro atoms. The lowest BCUT2D eigenvalue weighted by atomic mass is 9.75. The van der Waals surface area contributed by atoms with Gasteiger partial charge in [0.15, 0.2) is 0 Å². The van der Waals surface area contributed by atoms with Gasteiger partial charge in [0.2, 0.25) is 10.0 Å². The maximum Gasteiger partial charge on any atom is 0.253 e. The van der Waals surface area contributed by atoms with Gasteiger partial charge in [0.25, 0.3) is 5.91 Å². The van der Waals surface area contributed by atoms with Crippen LogP contribution in [0.5, 0.6) is 0 Å². The van der Waals surface area contributed by atoms with Crippen LogP contribution in [0.2, 0.25) is 5.02 Å². The van der Waals surface area contributed by atoms with E-state index in [2.05, 4.69) is 0 Å². The Labute approximate surface area is 173 Å². The van der Waals surface area contributed by atoms with Gasteiger partial charge in [-0.2, -0.15) is 4.31 Å². The number of piperidine rings is 2. The lowest BCUT2D eigenvalue weighted by Gasteiger charge is -2.41. The number of carbonyl (C=O) groups is 1. The third-order valence-corrected chi connectivity index (χ3v) is 9.07. The summed E-state index contributed by atoms with van der Waals surface area (Å²) in [5, 5.41) is 0.188. The molecule has 4 rings (SSSR count). The second-order valence-corrected chi connectivity index (χ2v) is 10.8. The molecule has 1 aliphatic carbocycles. The van der Waals surface area contributed by atoms with E-state index in [4.69, 9.17) is 11.6 Å². The number of amides is 1. The molecule has 1 aromatic rings. The molecule has 2 saturated heterocycles. The zero-order valence-electron chi connectivity index (χ0n) is 16.3. The maximum atomic E-state index is 13.1. The number of hydrogen-bond acceptors (Lipinski definition) is 3. The van der Waals surface area contributed by atoms with Crippen LogP contribution in [0.15, 0.2) is 23.1 Å². The Kier molecular flexibility index (Phi) is 6.00. The third-order valence-electron chi connectivity index (χ3n) is 6.69. The molecule has 28 heavy (non-hydrogen) atoms. The summed E-state index contributed by atoms with van der Waals surface area (Å²) in [6.07, 6.45) is 8.89. The summed E-state index contributed by atoms with van der Waals surface area (Å²) in [6.45, 7) is 2.59. The maximum absolute atomic E-state index is 13.1. The summed E-state index contributed by atoms with van der Waals surface area (Å²) < 4.78 is 27.6. The molecule has 2 atom stereocenters. The Balaban J connectivity index is 1.55. The number of rotatable bonds is 3. The number of likely N-dealkylation sites (tertiary alicyclic amines) is 1. The first-order valence-corrected chi connectivity index (χ1v) is 12.4. The fraction of sp³-hybridized carbons (Fsp3) is 0.667. The molecule has 0 N–H and O–H groups in total. The second kappa shape index (κ2) is 8.33. The average molecular weight is 425 g/mol. The zero-order valence-corrected chi connectivity index (χ0v) is 17.8. The minimum Gasteiger partial charge on any atom is -0.338 e. The predicted octanol–water partition coefficient (Wildman–Crippen LogP) is 4.17. The summed E-state index contributed by atoms with van der Waals surface area (Å²) in [4.78, 5) is 15.1. The predicted molar refractivity (Wildman–Crippen MR) is 110 cm³/mol. The van der Waals surface area contributed by atoms with Crippen molar-refractivity contribution in [2.75, 3.05) is 26.2 Å². The molecule has 0 radical (unpaired) electrons. The van der Waals surface area contributed by atoms with Crippen molar-refractivity contribution < 1.29 is 13.2 Å². The summed E-state index contributed by atoms with van der Waals surface area (Å²) in [7, 11) is -3.67. The van der Waals surface area contributed by atoms with E-state index < -0.39 is 10.0 Å². The quantitative estimate of drug-likeness (QED) is 0.731. The van der Waals surface area contributed by atoms with E-state index >= 15 is 0 Å². The molecule has 0 bridgehead atoms. The fourth-order valence-electron chi connectivity index (χ4n) is 5.05. The molecular formula is C21H29ClN2O3S. The van der Waals surface area contributed by atoms with Gasteiger partial charge in [0, 0.05) is 31.7 Å². The normalized spacial score (nSPS) is 26.7. The van der Waals surface area contributed by atoms with Crippen LogP contribution in [0.4, 0.5) is 0 Å². The Bertz CT molecular complexity index is 836. The molecule has 0 aromatic heterocycles. The minimum atomic E-state index is -3.67. The average Bonchev–Trinajstić information content (AvgIpc) is 2.73. The topological polar surface area (TPSA) is 57.7 Å². The Morgan fingerprint density at radius 2 is 1.64 bits per heavy atom. The first-order valence-electron chi connectivity index (χ1n) is 10.6. The lowest BCUT2D eigenvalue weighted by molar-refractivity contribution is 0.0520. The van der Waals surface area contributed by atoms with Crippen LogP contribution in [-0.4, -0.2) is 49.7 Å². The van der Waals surface area contributed by atoms with Crippen LogP contribution in [-0.2, 0) is 10.0 Å². The van der Waals surface area contributed by atoms with E-state index in [-0.39, 0.29) is 15.8 Å². The van der Waals surface area contributed by atoms with Gasteiger partial charge in [-0.15, -0.1) is 0 Å². The summed E-state index contributed by atoms with van der Waals surface area (Å²) >= 11 is 6.25. The van der Waals surface area contributed by atoms with Gasteiger partial charge in [-0.3, -0.25) is 4.79 Å². The molecule has 2 heterocycles. The second-order valence-electron chi connectivity index (χ2n) is 8.45. The zero-order chi connectivity index (χ0) is 19.7. The molecule has 1 aromatic carbocycles. The smallest absolute Gasteiger partial charge is 0.253 e. The minimum absolute atomic E-state index is 0.0643. The SMILES string of the molecule is O=C(c1ccc(Cl)c(S(=O)(=O)N2CCCCC2)c1)N1CC[C@@H]2CCCC[C@@H]2C1. The molecule has 3 fully saturated rings. The molecule has 3 aliphatic rings. The Morgan fingerprint density at radius 1 is 0.929 bits per heavy atom. The van der Waals surface area contributed by atoms with E-state index in [1.54, 1.807) is 12.1 Å². The van der Waals surface area contributed by atoms with Crippen molar-refractivity contribution in [1.82, 2.24) is 9.21 Å². The largest absolute Gasteiger partial charge is 0.338 e. The van der Waals surface area contributed by atoms with Crippen LogP contribution in [0.25, 0.3) is 0 Å². The van der Waals surface area contributed by atoms with Crippen LogP contribution in [0.1, 0.15) is 61.7 Å². The fourth-order valence-corrected chi connectivity index (χ4v) is 7.06. The number of hydrogen-bond donors (Lipinski definition) is 0. The number of nitrogens with zero attached hydrogens (tertiary/aromatic N) is 2. The number of fused-ring (bicyclic) bond motifs is 1. The standard InChI is InChI=1S/C21H29ClN2O3S/c22-19-9-8-17(14-20(19)28(26,27)24-11-4-1-5-12-24)21(25)23-13-10-16-6-2-3-7-18(16)15-23/h8-9,14,16,18H,1-7,10-13,15H2/t16-,18+/m0/s1. The number of halogens is 1. The number of benzene rings is 1. The van der Waals surface area contributed by atoms with Gasteiger partial charge in [0.05, 0.1) is 5.02 Å². The summed E-state index contributed by atoms with van der Waals surface area (Å²) in [5.41, 5.74) is 0.425. The highest BCUT2D eigenvalue weighted by Gasteiger charge is 2.34. The number of sulfonamides is 1. The highest BCUT2D eigenvalue weighted by Crippen LogP contribution is 2.36. The van der Waals surface area contributed by atoms with E-state index in [9.17, 15) is 13.2 Å². The van der Waals surface area contributed by atoms with Crippen molar-refractivity contribution in [1.29, 1.82) is 0 Å². The van der Waals surface area contributed by atoms with Gasteiger partial charge in [0.1, 0.15) is 4.90 Å². The molecule has 7 heteroatoms. The summed E-state index contributed by atoms with van der Waals surface area (Å²) in [6, 6.07) is 4.70. The Morgan fingerprint density at radius 3 is 2.39 bits per heavy atom. The van der Waals surface area contributed by atoms with Crippen molar-refractivity contribution in [3.05, 3.63) is 28.8 Å². The van der Waals surface area contributed by atoms with Crippen LogP contribution in [0.3, 0.4) is 0 Å². The van der Waals surface area contributed by atoms with Crippen LogP contribution < -0.4 is 0 Å². The van der Waals surface area contributed by atoms with Crippen molar-refractivity contribution in [3.8, 4) is 0 Å². The van der Waals surface area contributed by atoms with Gasteiger partial charge in [-0.25, -0.2) is 8.42 Å². The van der Waals surface area contributed by atoms with Gasteiger partial charge < -0.3 is 4.90 Å². The number of carbonyl (C=O) groups excluding carboxylic acids is 1. The van der Waals surface area contributed by atoms with E-state index in [1.165, 1.54) is 36.1 Å². The van der Waals surface area contributed by atoms with Crippen LogP contribution in [0, 0.1) is 11.8 Å². The van der Waals surface area contributed by atoms with Crippen LogP contribution >= 0.6 is 11.6 Å². The Hall–Kier alpha value is -1.11. The molecule has 2 aliphatic heterocycles. The van der Waals surface area contributed by atoms with Crippen molar-refractivity contribution >= 4 is 27.5 Å². The van der Waals surface area contributed by atoms with Gasteiger partial charge in [-0.05, 0) is 55.7 Å². The molecule has 154 valence electrons. The molecule has 0 unspecified atom stereocenters.